The Morgan fingerprint density at radius 1 is 1.33 bits per heavy atom. The largest absolute Gasteiger partial charge is 0.235 e. The first-order valence-corrected chi connectivity index (χ1v) is 5.49. The number of nitrogens with zero attached hydrogens (tertiary/aromatic N) is 2. The number of halogens is 2. The zero-order chi connectivity index (χ0) is 10.8. The Morgan fingerprint density at radius 2 is 2.13 bits per heavy atom. The molecule has 0 aliphatic rings. The molecule has 0 atom stereocenters. The van der Waals surface area contributed by atoms with Gasteiger partial charge < -0.3 is 0 Å². The van der Waals surface area contributed by atoms with E-state index in [1.165, 1.54) is 0 Å². The molecule has 0 aliphatic heterocycles. The van der Waals surface area contributed by atoms with Gasteiger partial charge in [0, 0.05) is 6.20 Å². The van der Waals surface area contributed by atoms with Crippen molar-refractivity contribution in [2.75, 3.05) is 0 Å². The number of aryl methyl sites for hydroxylation is 1. The number of hydrogen-bond donors (Lipinski definition) is 0. The van der Waals surface area contributed by atoms with Crippen LogP contribution in [0.4, 0.5) is 0 Å². The molecular formula is C11H10Cl2N2. The van der Waals surface area contributed by atoms with Crippen LogP contribution in [0.5, 0.6) is 0 Å². The highest BCUT2D eigenvalue weighted by molar-refractivity contribution is 6.33. The van der Waals surface area contributed by atoms with Crippen LogP contribution in [0.2, 0.25) is 5.02 Å². The summed E-state index contributed by atoms with van der Waals surface area (Å²) in [6.45, 7) is 1.97. The maximum Gasteiger partial charge on any atom is 0.0838 e. The van der Waals surface area contributed by atoms with Gasteiger partial charge in [-0.2, -0.15) is 5.10 Å². The van der Waals surface area contributed by atoms with Gasteiger partial charge in [0.25, 0.3) is 0 Å². The summed E-state index contributed by atoms with van der Waals surface area (Å²) in [7, 11) is 0. The summed E-state index contributed by atoms with van der Waals surface area (Å²) in [5.41, 5.74) is 2.84. The molecule has 78 valence electrons. The number of hydrogen-bond acceptors (Lipinski definition) is 1. The van der Waals surface area contributed by atoms with Crippen LogP contribution < -0.4 is 0 Å². The normalized spacial score (nSPS) is 10.6. The second-order valence-corrected chi connectivity index (χ2v) is 3.92. The van der Waals surface area contributed by atoms with E-state index >= 15 is 0 Å². The third-order valence-electron chi connectivity index (χ3n) is 2.26. The third kappa shape index (κ3) is 1.87. The molecule has 2 rings (SSSR count). The van der Waals surface area contributed by atoms with Gasteiger partial charge in [0.15, 0.2) is 0 Å². The molecule has 4 heteroatoms. The molecule has 1 aromatic carbocycles. The number of benzene rings is 1. The summed E-state index contributed by atoms with van der Waals surface area (Å²) in [5, 5.41) is 4.92. The monoisotopic (exact) mass is 240 g/mol. The minimum Gasteiger partial charge on any atom is -0.235 e. The Bertz CT molecular complexity index is 477. The summed E-state index contributed by atoms with van der Waals surface area (Å²) in [6, 6.07) is 7.73. The van der Waals surface area contributed by atoms with E-state index in [9.17, 15) is 0 Å². The molecule has 0 radical (unpaired) electrons. The lowest BCUT2D eigenvalue weighted by atomic mass is 10.2. The zero-order valence-electron chi connectivity index (χ0n) is 8.24. The van der Waals surface area contributed by atoms with Crippen LogP contribution in [-0.2, 0) is 5.88 Å². The molecule has 0 N–H and O–H groups in total. The van der Waals surface area contributed by atoms with Gasteiger partial charge in [0.1, 0.15) is 0 Å². The quantitative estimate of drug-likeness (QED) is 0.735. The first kappa shape index (κ1) is 10.5. The Kier molecular flexibility index (Phi) is 2.98. The van der Waals surface area contributed by atoms with Gasteiger partial charge in [-0.25, -0.2) is 4.68 Å². The van der Waals surface area contributed by atoms with Crippen molar-refractivity contribution in [3.05, 3.63) is 46.7 Å². The molecule has 2 nitrogen and oxygen atoms in total. The Balaban J connectivity index is 2.59. The molecule has 1 aromatic heterocycles. The van der Waals surface area contributed by atoms with Crippen molar-refractivity contribution in [1.82, 2.24) is 9.78 Å². The van der Waals surface area contributed by atoms with Crippen LogP contribution in [-0.4, -0.2) is 9.78 Å². The van der Waals surface area contributed by atoms with Gasteiger partial charge in [0.05, 0.1) is 22.3 Å². The maximum absolute atomic E-state index is 6.21. The molecule has 15 heavy (non-hydrogen) atoms. The van der Waals surface area contributed by atoms with Gasteiger partial charge >= 0.3 is 0 Å². The van der Waals surface area contributed by atoms with Gasteiger partial charge in [-0.15, -0.1) is 11.6 Å². The predicted molar refractivity (Wildman–Crippen MR) is 62.9 cm³/mol. The van der Waals surface area contributed by atoms with Crippen LogP contribution in [0.15, 0.2) is 30.5 Å². The summed E-state index contributed by atoms with van der Waals surface area (Å²) in [4.78, 5) is 0. The van der Waals surface area contributed by atoms with Crippen molar-refractivity contribution >= 4 is 23.2 Å². The van der Waals surface area contributed by atoms with Crippen molar-refractivity contribution < 1.29 is 0 Å². The number of rotatable bonds is 2. The Morgan fingerprint density at radius 3 is 2.87 bits per heavy atom. The molecule has 2 aromatic rings. The lowest BCUT2D eigenvalue weighted by Crippen LogP contribution is -2.01. The highest BCUT2D eigenvalue weighted by Crippen LogP contribution is 2.24. The highest BCUT2D eigenvalue weighted by Gasteiger charge is 2.08. The van der Waals surface area contributed by atoms with E-state index in [1.807, 2.05) is 31.2 Å². The molecule has 0 aliphatic carbocycles. The minimum absolute atomic E-state index is 0.421. The molecule has 0 unspecified atom stereocenters. The molecule has 0 bridgehead atoms. The van der Waals surface area contributed by atoms with E-state index < -0.39 is 0 Å². The van der Waals surface area contributed by atoms with E-state index in [0.29, 0.717) is 10.9 Å². The maximum atomic E-state index is 6.21. The summed E-state index contributed by atoms with van der Waals surface area (Å²) >= 11 is 12.0. The van der Waals surface area contributed by atoms with Crippen molar-refractivity contribution in [3.63, 3.8) is 0 Å². The first-order valence-electron chi connectivity index (χ1n) is 4.58. The van der Waals surface area contributed by atoms with Crippen molar-refractivity contribution in [2.24, 2.45) is 0 Å². The van der Waals surface area contributed by atoms with Crippen molar-refractivity contribution in [1.29, 1.82) is 0 Å². The Labute approximate surface area is 98.4 Å². The topological polar surface area (TPSA) is 17.8 Å². The van der Waals surface area contributed by atoms with Crippen LogP contribution in [0.3, 0.4) is 0 Å². The van der Waals surface area contributed by atoms with E-state index in [2.05, 4.69) is 5.10 Å². The predicted octanol–water partition coefficient (Wildman–Crippen LogP) is 3.57. The molecule has 0 saturated carbocycles. The fraction of sp³-hybridized carbons (Fsp3) is 0.182. The molecule has 1 heterocycles. The third-order valence-corrected chi connectivity index (χ3v) is 3.02. The summed E-state index contributed by atoms with van der Waals surface area (Å²) in [5.74, 6) is 0.421. The van der Waals surface area contributed by atoms with Crippen LogP contribution in [0.1, 0.15) is 11.3 Å². The first-order chi connectivity index (χ1) is 7.24. The number of aromatic nitrogens is 2. The second-order valence-electron chi connectivity index (χ2n) is 3.28. The van der Waals surface area contributed by atoms with E-state index in [4.69, 9.17) is 23.2 Å². The van der Waals surface area contributed by atoms with Gasteiger partial charge in [-0.3, -0.25) is 0 Å². The second kappa shape index (κ2) is 4.25. The molecule has 0 spiro atoms. The van der Waals surface area contributed by atoms with Gasteiger partial charge in [-0.05, 0) is 24.6 Å². The smallest absolute Gasteiger partial charge is 0.0838 e. The Hall–Kier alpha value is -0.990. The van der Waals surface area contributed by atoms with Crippen LogP contribution in [0.25, 0.3) is 5.69 Å². The molecule has 0 fully saturated rings. The molecular weight excluding hydrogens is 231 g/mol. The standard InChI is InChI=1S/C11H10Cl2N2/c1-8-3-2-4-10(11(8)13)15-9(7-12)5-6-14-15/h2-6H,7H2,1H3. The zero-order valence-corrected chi connectivity index (χ0v) is 9.76. The van der Waals surface area contributed by atoms with E-state index in [0.717, 1.165) is 16.9 Å². The minimum atomic E-state index is 0.421. The lowest BCUT2D eigenvalue weighted by Gasteiger charge is -2.09. The van der Waals surface area contributed by atoms with Crippen molar-refractivity contribution in [3.8, 4) is 5.69 Å². The summed E-state index contributed by atoms with van der Waals surface area (Å²) < 4.78 is 1.77. The summed E-state index contributed by atoms with van der Waals surface area (Å²) in [6.07, 6.45) is 1.72. The average Bonchev–Trinajstić information content (AvgIpc) is 2.70. The van der Waals surface area contributed by atoms with Crippen LogP contribution in [0, 0.1) is 6.92 Å². The fourth-order valence-electron chi connectivity index (χ4n) is 1.44. The molecule has 0 amide bonds. The van der Waals surface area contributed by atoms with Crippen molar-refractivity contribution in [2.45, 2.75) is 12.8 Å². The average molecular weight is 241 g/mol. The highest BCUT2D eigenvalue weighted by atomic mass is 35.5. The lowest BCUT2D eigenvalue weighted by molar-refractivity contribution is 0.839. The van der Waals surface area contributed by atoms with E-state index in [1.54, 1.807) is 10.9 Å². The van der Waals surface area contributed by atoms with Gasteiger partial charge in [-0.1, -0.05) is 23.7 Å². The fourth-order valence-corrected chi connectivity index (χ4v) is 1.85. The van der Waals surface area contributed by atoms with Crippen LogP contribution >= 0.6 is 23.2 Å². The number of alkyl halides is 1. The SMILES string of the molecule is Cc1cccc(-n2nccc2CCl)c1Cl. The van der Waals surface area contributed by atoms with Gasteiger partial charge in [0.2, 0.25) is 0 Å². The van der Waals surface area contributed by atoms with E-state index in [-0.39, 0.29) is 0 Å². The molecule has 0 saturated heterocycles.